The fraction of sp³-hybridized carbons (Fsp3) is 0.143. The van der Waals surface area contributed by atoms with Crippen molar-refractivity contribution in [3.63, 3.8) is 0 Å². The Morgan fingerprint density at radius 1 is 1.05 bits per heavy atom. The van der Waals surface area contributed by atoms with Crippen molar-refractivity contribution in [3.05, 3.63) is 63.6 Å². The Balaban J connectivity index is 2.49. The lowest BCUT2D eigenvalue weighted by Crippen LogP contribution is -2.00. The predicted octanol–water partition coefficient (Wildman–Crippen LogP) is 5.22. The maximum atomic E-state index is 13.8. The molecule has 0 N–H and O–H groups in total. The zero-order valence-corrected chi connectivity index (χ0v) is 13.1. The van der Waals surface area contributed by atoms with Gasteiger partial charge in [-0.3, -0.25) is 0 Å². The van der Waals surface area contributed by atoms with E-state index in [0.717, 1.165) is 22.2 Å². The van der Waals surface area contributed by atoms with Crippen molar-refractivity contribution in [1.82, 2.24) is 0 Å². The Labute approximate surface area is 126 Å². The average Bonchev–Trinajstić information content (AvgIpc) is 2.40. The minimum Gasteiger partial charge on any atom is -0.496 e. The molecule has 1 atom stereocenters. The first-order chi connectivity index (χ1) is 9.02. The Morgan fingerprint density at radius 3 is 2.47 bits per heavy atom. The van der Waals surface area contributed by atoms with E-state index in [9.17, 15) is 8.78 Å². The molecule has 0 heterocycles. The lowest BCUT2D eigenvalue weighted by Gasteiger charge is -2.15. The summed E-state index contributed by atoms with van der Waals surface area (Å²) >= 11 is 6.73. The molecule has 0 aromatic heterocycles. The highest BCUT2D eigenvalue weighted by Crippen LogP contribution is 2.38. The zero-order chi connectivity index (χ0) is 14.0. The minimum atomic E-state index is -0.480. The normalized spacial score (nSPS) is 12.3. The molecule has 0 bridgehead atoms. The van der Waals surface area contributed by atoms with Crippen LogP contribution in [0.3, 0.4) is 0 Å². The van der Waals surface area contributed by atoms with Gasteiger partial charge in [-0.25, -0.2) is 8.78 Å². The van der Waals surface area contributed by atoms with Gasteiger partial charge in [-0.15, -0.1) is 0 Å². The SMILES string of the molecule is COc1cc(Br)ccc1C(Br)c1cc(F)ccc1F. The number of halogens is 4. The van der Waals surface area contributed by atoms with Gasteiger partial charge in [-0.05, 0) is 30.3 Å². The summed E-state index contributed by atoms with van der Waals surface area (Å²) in [7, 11) is 1.53. The number of benzene rings is 2. The van der Waals surface area contributed by atoms with Gasteiger partial charge in [0.15, 0.2) is 0 Å². The molecule has 2 aromatic rings. The second kappa shape index (κ2) is 6.01. The van der Waals surface area contributed by atoms with Gasteiger partial charge in [0, 0.05) is 15.6 Å². The molecule has 2 rings (SSSR count). The average molecular weight is 392 g/mol. The van der Waals surface area contributed by atoms with E-state index in [4.69, 9.17) is 4.74 Å². The summed E-state index contributed by atoms with van der Waals surface area (Å²) in [5, 5.41) is 0. The molecular formula is C14H10Br2F2O. The van der Waals surface area contributed by atoms with Crippen LogP contribution in [0.2, 0.25) is 0 Å². The highest BCUT2D eigenvalue weighted by atomic mass is 79.9. The molecule has 0 amide bonds. The van der Waals surface area contributed by atoms with Gasteiger partial charge in [0.05, 0.1) is 11.9 Å². The van der Waals surface area contributed by atoms with Crippen LogP contribution in [0.25, 0.3) is 0 Å². The van der Waals surface area contributed by atoms with Crippen molar-refractivity contribution in [2.75, 3.05) is 7.11 Å². The van der Waals surface area contributed by atoms with Crippen molar-refractivity contribution >= 4 is 31.9 Å². The lowest BCUT2D eigenvalue weighted by molar-refractivity contribution is 0.410. The van der Waals surface area contributed by atoms with Crippen molar-refractivity contribution in [2.45, 2.75) is 4.83 Å². The molecule has 0 saturated carbocycles. The molecule has 19 heavy (non-hydrogen) atoms. The quantitative estimate of drug-likeness (QED) is 0.651. The summed E-state index contributed by atoms with van der Waals surface area (Å²) in [6.45, 7) is 0. The molecule has 0 fully saturated rings. The zero-order valence-electron chi connectivity index (χ0n) is 9.96. The van der Waals surface area contributed by atoms with Gasteiger partial charge >= 0.3 is 0 Å². The molecule has 0 spiro atoms. The van der Waals surface area contributed by atoms with E-state index in [2.05, 4.69) is 31.9 Å². The standard InChI is InChI=1S/C14H10Br2F2O/c1-19-13-6-8(15)2-4-10(13)14(16)11-7-9(17)3-5-12(11)18/h2-7,14H,1H3. The molecule has 5 heteroatoms. The highest BCUT2D eigenvalue weighted by Gasteiger charge is 2.19. The van der Waals surface area contributed by atoms with E-state index in [1.54, 1.807) is 12.1 Å². The van der Waals surface area contributed by atoms with Crippen LogP contribution in [0.4, 0.5) is 8.78 Å². The van der Waals surface area contributed by atoms with Gasteiger partial charge in [0.1, 0.15) is 17.4 Å². The van der Waals surface area contributed by atoms with Crippen molar-refractivity contribution < 1.29 is 13.5 Å². The van der Waals surface area contributed by atoms with Crippen LogP contribution in [0.15, 0.2) is 40.9 Å². The molecule has 0 aliphatic carbocycles. The Kier molecular flexibility index (Phi) is 4.58. The number of hydrogen-bond acceptors (Lipinski definition) is 1. The molecular weight excluding hydrogens is 382 g/mol. The summed E-state index contributed by atoms with van der Waals surface area (Å²) < 4.78 is 33.1. The van der Waals surface area contributed by atoms with Gasteiger partial charge in [-0.1, -0.05) is 37.9 Å². The smallest absolute Gasteiger partial charge is 0.128 e. The molecule has 100 valence electrons. The molecule has 2 aromatic carbocycles. The van der Waals surface area contributed by atoms with E-state index in [1.807, 2.05) is 6.07 Å². The van der Waals surface area contributed by atoms with Crippen molar-refractivity contribution in [3.8, 4) is 5.75 Å². The van der Waals surface area contributed by atoms with E-state index in [-0.39, 0.29) is 5.56 Å². The van der Waals surface area contributed by atoms with Gasteiger partial charge < -0.3 is 4.74 Å². The molecule has 0 saturated heterocycles. The number of alkyl halides is 1. The summed E-state index contributed by atoms with van der Waals surface area (Å²) in [6.07, 6.45) is 0. The molecule has 0 aliphatic heterocycles. The van der Waals surface area contributed by atoms with Crippen molar-refractivity contribution in [2.24, 2.45) is 0 Å². The Bertz CT molecular complexity index is 602. The molecule has 0 aliphatic rings. The van der Waals surface area contributed by atoms with Crippen LogP contribution < -0.4 is 4.74 Å². The van der Waals surface area contributed by atoms with Crippen LogP contribution in [-0.2, 0) is 0 Å². The first-order valence-corrected chi connectivity index (χ1v) is 7.16. The lowest BCUT2D eigenvalue weighted by atomic mass is 10.0. The monoisotopic (exact) mass is 390 g/mol. The first kappa shape index (κ1) is 14.5. The molecule has 1 nitrogen and oxygen atoms in total. The number of ether oxygens (including phenoxy) is 1. The number of rotatable bonds is 3. The van der Waals surface area contributed by atoms with E-state index in [1.165, 1.54) is 13.2 Å². The molecule has 1 unspecified atom stereocenters. The van der Waals surface area contributed by atoms with E-state index in [0.29, 0.717) is 5.75 Å². The van der Waals surface area contributed by atoms with Crippen molar-refractivity contribution in [1.29, 1.82) is 0 Å². The topological polar surface area (TPSA) is 9.23 Å². The first-order valence-electron chi connectivity index (χ1n) is 5.45. The van der Waals surface area contributed by atoms with Gasteiger partial charge in [-0.2, -0.15) is 0 Å². The minimum absolute atomic E-state index is 0.237. The predicted molar refractivity (Wildman–Crippen MR) is 77.8 cm³/mol. The van der Waals surface area contributed by atoms with Crippen LogP contribution >= 0.6 is 31.9 Å². The van der Waals surface area contributed by atoms with Gasteiger partial charge in [0.2, 0.25) is 0 Å². The summed E-state index contributed by atoms with van der Waals surface area (Å²) in [5.41, 5.74) is 0.968. The fourth-order valence-electron chi connectivity index (χ4n) is 1.77. The van der Waals surface area contributed by atoms with Crippen LogP contribution in [-0.4, -0.2) is 7.11 Å². The number of methoxy groups -OCH3 is 1. The third-order valence-corrected chi connectivity index (χ3v) is 4.18. The Morgan fingerprint density at radius 2 is 1.79 bits per heavy atom. The third kappa shape index (κ3) is 3.15. The van der Waals surface area contributed by atoms with E-state index < -0.39 is 16.5 Å². The van der Waals surface area contributed by atoms with Crippen LogP contribution in [0, 0.1) is 11.6 Å². The number of hydrogen-bond donors (Lipinski definition) is 0. The van der Waals surface area contributed by atoms with Crippen LogP contribution in [0.1, 0.15) is 16.0 Å². The third-order valence-electron chi connectivity index (χ3n) is 2.70. The largest absolute Gasteiger partial charge is 0.496 e. The second-order valence-electron chi connectivity index (χ2n) is 3.91. The summed E-state index contributed by atoms with van der Waals surface area (Å²) in [5.74, 6) is -0.343. The van der Waals surface area contributed by atoms with Gasteiger partial charge in [0.25, 0.3) is 0 Å². The van der Waals surface area contributed by atoms with Crippen LogP contribution in [0.5, 0.6) is 5.75 Å². The maximum Gasteiger partial charge on any atom is 0.128 e. The summed E-state index contributed by atoms with van der Waals surface area (Å²) in [4.78, 5) is -0.480. The second-order valence-corrected chi connectivity index (χ2v) is 5.75. The fourth-order valence-corrected chi connectivity index (χ4v) is 2.84. The maximum absolute atomic E-state index is 13.8. The Hall–Kier alpha value is -0.940. The van der Waals surface area contributed by atoms with E-state index >= 15 is 0 Å². The molecule has 0 radical (unpaired) electrons. The highest BCUT2D eigenvalue weighted by molar-refractivity contribution is 9.10. The summed E-state index contributed by atoms with van der Waals surface area (Å²) in [6, 6.07) is 8.79.